The van der Waals surface area contributed by atoms with Crippen molar-refractivity contribution >= 4 is 22.9 Å². The molecule has 4 heterocycles. The number of hydrogen-bond acceptors (Lipinski definition) is 9. The highest BCUT2D eigenvalue weighted by Gasteiger charge is 2.16. The van der Waals surface area contributed by atoms with E-state index in [-0.39, 0.29) is 17.4 Å². The second kappa shape index (κ2) is 13.7. The Balaban J connectivity index is 1.47. The van der Waals surface area contributed by atoms with E-state index in [1.807, 2.05) is 19.1 Å². The summed E-state index contributed by atoms with van der Waals surface area (Å²) in [6, 6.07) is 5.38. The summed E-state index contributed by atoms with van der Waals surface area (Å²) in [6.07, 6.45) is 4.88. The van der Waals surface area contributed by atoms with E-state index in [9.17, 15) is 9.59 Å². The van der Waals surface area contributed by atoms with Crippen LogP contribution in [-0.4, -0.2) is 90.2 Å². The number of aromatic nitrogens is 4. The van der Waals surface area contributed by atoms with Gasteiger partial charge < -0.3 is 34.3 Å². The highest BCUT2D eigenvalue weighted by Crippen LogP contribution is 2.22. The molecule has 0 radical (unpaired) electrons. The topological polar surface area (TPSA) is 133 Å². The molecule has 3 aromatic heterocycles. The minimum absolute atomic E-state index is 0.0968. The third kappa shape index (κ3) is 6.95. The number of pyridine rings is 2. The number of ether oxygens (including phenoxy) is 3. The van der Waals surface area contributed by atoms with Crippen molar-refractivity contribution in [3.63, 3.8) is 0 Å². The zero-order chi connectivity index (χ0) is 26.7. The lowest BCUT2D eigenvalue weighted by molar-refractivity contribution is 0.0532. The van der Waals surface area contributed by atoms with Crippen LogP contribution in [0.25, 0.3) is 22.3 Å². The van der Waals surface area contributed by atoms with E-state index in [1.165, 1.54) is 0 Å². The van der Waals surface area contributed by atoms with Crippen LogP contribution < -0.4 is 20.9 Å². The predicted octanol–water partition coefficient (Wildman–Crippen LogP) is 2.13. The Kier molecular flexibility index (Phi) is 9.82. The van der Waals surface area contributed by atoms with Gasteiger partial charge in [0.05, 0.1) is 44.3 Å². The molecule has 0 bridgehead atoms. The zero-order valence-corrected chi connectivity index (χ0v) is 21.9. The summed E-state index contributed by atoms with van der Waals surface area (Å²) in [5.41, 5.74) is 2.50. The van der Waals surface area contributed by atoms with Crippen LogP contribution in [0.15, 0.2) is 35.4 Å². The van der Waals surface area contributed by atoms with Gasteiger partial charge in [0.25, 0.3) is 5.56 Å². The van der Waals surface area contributed by atoms with Crippen molar-refractivity contribution in [2.75, 3.05) is 65.0 Å². The first-order chi connectivity index (χ1) is 18.6. The molecular formula is C26H35N7O5. The molecule has 0 spiro atoms. The van der Waals surface area contributed by atoms with Crippen LogP contribution in [0.1, 0.15) is 19.8 Å². The van der Waals surface area contributed by atoms with Crippen molar-refractivity contribution in [3.05, 3.63) is 40.9 Å². The summed E-state index contributed by atoms with van der Waals surface area (Å²) in [5.74, 6) is 0.755. The van der Waals surface area contributed by atoms with Crippen LogP contribution in [0.5, 0.6) is 5.88 Å². The smallest absolute Gasteiger partial charge is 0.317 e. The monoisotopic (exact) mass is 525 g/mol. The molecule has 0 saturated carbocycles. The average Bonchev–Trinajstić information content (AvgIpc) is 2.96. The van der Waals surface area contributed by atoms with Gasteiger partial charge in [0, 0.05) is 57.2 Å². The highest BCUT2D eigenvalue weighted by molar-refractivity contribution is 5.80. The molecule has 3 aromatic rings. The lowest BCUT2D eigenvalue weighted by Crippen LogP contribution is -2.46. The maximum Gasteiger partial charge on any atom is 0.317 e. The molecule has 2 N–H and O–H groups in total. The molecule has 0 aliphatic carbocycles. The fourth-order valence-corrected chi connectivity index (χ4v) is 4.06. The lowest BCUT2D eigenvalue weighted by atomic mass is 10.2. The van der Waals surface area contributed by atoms with Crippen molar-refractivity contribution in [2.45, 2.75) is 26.3 Å². The number of urea groups is 1. The minimum atomic E-state index is -0.236. The molecule has 1 saturated heterocycles. The average molecular weight is 526 g/mol. The summed E-state index contributed by atoms with van der Waals surface area (Å²) in [4.78, 5) is 40.7. The molecule has 0 aromatic carbocycles. The number of hydrogen-bond donors (Lipinski definition) is 2. The second-order valence-electron chi connectivity index (χ2n) is 8.79. The van der Waals surface area contributed by atoms with Crippen LogP contribution in [-0.2, 0) is 16.0 Å². The Labute approximate surface area is 221 Å². The summed E-state index contributed by atoms with van der Waals surface area (Å²) in [5, 5.41) is 6.05. The Morgan fingerprint density at radius 3 is 2.71 bits per heavy atom. The molecule has 0 unspecified atom stereocenters. The molecule has 38 heavy (non-hydrogen) atoms. The molecule has 12 heteroatoms. The Morgan fingerprint density at radius 1 is 1.13 bits per heavy atom. The number of amides is 2. The molecule has 204 valence electrons. The number of methoxy groups -OCH3 is 1. The third-order valence-electron chi connectivity index (χ3n) is 6.10. The van der Waals surface area contributed by atoms with Gasteiger partial charge in [0.15, 0.2) is 5.82 Å². The Hall–Kier alpha value is -3.77. The quantitative estimate of drug-likeness (QED) is 0.341. The Morgan fingerprint density at radius 2 is 1.97 bits per heavy atom. The van der Waals surface area contributed by atoms with Crippen molar-refractivity contribution in [2.24, 2.45) is 0 Å². The SMILES string of the molecule is CCCOCCn1c(=O)c(NCCCNC(=O)N2CCOCC2)nc2cnc(-c3ccc(OC)nc3)cc21. The number of rotatable bonds is 12. The normalized spacial score (nSPS) is 13.5. The van der Waals surface area contributed by atoms with Crippen LogP contribution >= 0.6 is 0 Å². The van der Waals surface area contributed by atoms with Gasteiger partial charge in [-0.3, -0.25) is 9.78 Å². The molecule has 1 aliphatic rings. The summed E-state index contributed by atoms with van der Waals surface area (Å²) >= 11 is 0. The third-order valence-corrected chi connectivity index (χ3v) is 6.10. The van der Waals surface area contributed by atoms with Crippen molar-refractivity contribution in [1.82, 2.24) is 29.7 Å². The summed E-state index contributed by atoms with van der Waals surface area (Å²) in [7, 11) is 1.56. The number of carbonyl (C=O) groups is 1. The van der Waals surface area contributed by atoms with Gasteiger partial charge >= 0.3 is 6.03 Å². The largest absolute Gasteiger partial charge is 0.481 e. The van der Waals surface area contributed by atoms with E-state index in [2.05, 4.69) is 25.6 Å². The fourth-order valence-electron chi connectivity index (χ4n) is 4.06. The molecule has 4 rings (SSSR count). The molecular weight excluding hydrogens is 490 g/mol. The van der Waals surface area contributed by atoms with Gasteiger partial charge in [-0.15, -0.1) is 0 Å². The molecule has 2 amide bonds. The first kappa shape index (κ1) is 27.3. The number of nitrogens with zero attached hydrogens (tertiary/aromatic N) is 5. The van der Waals surface area contributed by atoms with Crippen LogP contribution in [0, 0.1) is 0 Å². The van der Waals surface area contributed by atoms with E-state index < -0.39 is 0 Å². The van der Waals surface area contributed by atoms with Crippen LogP contribution in [0.2, 0.25) is 0 Å². The number of morpholine rings is 1. The maximum absolute atomic E-state index is 13.4. The fraction of sp³-hybridized carbons (Fsp3) is 0.500. The predicted molar refractivity (Wildman–Crippen MR) is 144 cm³/mol. The van der Waals surface area contributed by atoms with E-state index in [0.29, 0.717) is 88.2 Å². The van der Waals surface area contributed by atoms with Crippen LogP contribution in [0.3, 0.4) is 0 Å². The number of carbonyl (C=O) groups excluding carboxylic acids is 1. The van der Waals surface area contributed by atoms with Crippen molar-refractivity contribution in [1.29, 1.82) is 0 Å². The van der Waals surface area contributed by atoms with E-state index in [1.54, 1.807) is 35.0 Å². The first-order valence-electron chi connectivity index (χ1n) is 12.9. The van der Waals surface area contributed by atoms with E-state index in [4.69, 9.17) is 14.2 Å². The van der Waals surface area contributed by atoms with Crippen molar-refractivity contribution < 1.29 is 19.0 Å². The lowest BCUT2D eigenvalue weighted by Gasteiger charge is -2.26. The van der Waals surface area contributed by atoms with Gasteiger partial charge in [0.1, 0.15) is 5.52 Å². The van der Waals surface area contributed by atoms with Gasteiger partial charge in [0.2, 0.25) is 5.88 Å². The van der Waals surface area contributed by atoms with Gasteiger partial charge in [-0.1, -0.05) is 6.92 Å². The summed E-state index contributed by atoms with van der Waals surface area (Å²) < 4.78 is 17.8. The molecule has 12 nitrogen and oxygen atoms in total. The van der Waals surface area contributed by atoms with Crippen LogP contribution in [0.4, 0.5) is 10.6 Å². The molecule has 1 fully saturated rings. The number of nitrogens with one attached hydrogen (secondary N) is 2. The van der Waals surface area contributed by atoms with Gasteiger partial charge in [-0.2, -0.15) is 0 Å². The van der Waals surface area contributed by atoms with E-state index >= 15 is 0 Å². The maximum atomic E-state index is 13.4. The zero-order valence-electron chi connectivity index (χ0n) is 21.9. The van der Waals surface area contributed by atoms with Gasteiger partial charge in [-0.05, 0) is 25.0 Å². The highest BCUT2D eigenvalue weighted by atomic mass is 16.5. The van der Waals surface area contributed by atoms with E-state index in [0.717, 1.165) is 12.0 Å². The van der Waals surface area contributed by atoms with Crippen molar-refractivity contribution in [3.8, 4) is 17.1 Å². The molecule has 0 atom stereocenters. The number of anilines is 1. The minimum Gasteiger partial charge on any atom is -0.481 e. The Bertz CT molecular complexity index is 1260. The molecule has 1 aliphatic heterocycles. The standard InChI is InChI=1S/C26H35N7O5/c1-3-12-37-15-11-33-22-16-20(19-5-6-23(36-2)30-17-19)29-18-21(22)31-24(25(33)34)27-7-4-8-28-26(35)32-9-13-38-14-10-32/h5-6,16-18H,3-4,7-15H2,1-2H3,(H,27,31)(H,28,35). The van der Waals surface area contributed by atoms with Gasteiger partial charge in [-0.25, -0.2) is 14.8 Å². The first-order valence-corrected chi connectivity index (χ1v) is 12.9. The number of fused-ring (bicyclic) bond motifs is 1. The summed E-state index contributed by atoms with van der Waals surface area (Å²) in [6.45, 7) is 6.73. The second-order valence-corrected chi connectivity index (χ2v) is 8.79.